The summed E-state index contributed by atoms with van der Waals surface area (Å²) in [6.07, 6.45) is 1.41. The molecule has 0 saturated heterocycles. The Hall–Kier alpha value is -3.75. The first-order chi connectivity index (χ1) is 16.4. The van der Waals surface area contributed by atoms with Crippen LogP contribution in [0.15, 0.2) is 113 Å². The van der Waals surface area contributed by atoms with E-state index in [9.17, 15) is 17.6 Å². The first-order valence-corrected chi connectivity index (χ1v) is 12.1. The first-order valence-electron chi connectivity index (χ1n) is 10.6. The minimum atomic E-state index is -4.33. The summed E-state index contributed by atoms with van der Waals surface area (Å²) in [7, 11) is -4.33. The third-order valence-corrected chi connectivity index (χ3v) is 7.08. The number of nitrogens with one attached hydrogen (secondary N) is 1. The molecule has 0 spiro atoms. The summed E-state index contributed by atoms with van der Waals surface area (Å²) in [6.45, 7) is -0.744. The molecule has 1 N–H and O–H groups in total. The first kappa shape index (κ1) is 23.4. The highest BCUT2D eigenvalue weighted by Gasteiger charge is 2.31. The molecule has 6 nitrogen and oxygen atoms in total. The average Bonchev–Trinajstić information content (AvgIpc) is 3.37. The van der Waals surface area contributed by atoms with Crippen LogP contribution in [-0.4, -0.2) is 25.2 Å². The van der Waals surface area contributed by atoms with Crippen molar-refractivity contribution in [3.05, 3.63) is 126 Å². The number of amides is 1. The summed E-state index contributed by atoms with van der Waals surface area (Å²) in [5.41, 5.74) is 1.69. The highest BCUT2D eigenvalue weighted by atomic mass is 32.2. The number of sulfonamides is 1. The van der Waals surface area contributed by atoms with Crippen molar-refractivity contribution >= 4 is 15.9 Å². The second-order valence-electron chi connectivity index (χ2n) is 7.60. The fourth-order valence-corrected chi connectivity index (χ4v) is 5.04. The topological polar surface area (TPSA) is 79.6 Å². The number of hydrogen-bond acceptors (Lipinski definition) is 4. The lowest BCUT2D eigenvalue weighted by Crippen LogP contribution is -2.41. The lowest BCUT2D eigenvalue weighted by atomic mass is 9.99. The summed E-state index contributed by atoms with van der Waals surface area (Å²) in [5.74, 6) is -1.10. The predicted octanol–water partition coefficient (Wildman–Crippen LogP) is 4.52. The number of carbonyl (C=O) groups excluding carboxylic acids is 1. The van der Waals surface area contributed by atoms with E-state index in [1.807, 2.05) is 60.7 Å². The predicted molar refractivity (Wildman–Crippen MR) is 126 cm³/mol. The minimum absolute atomic E-state index is 0.224. The Balaban J connectivity index is 1.63. The molecule has 174 valence electrons. The van der Waals surface area contributed by atoms with Gasteiger partial charge in [0.2, 0.25) is 15.9 Å². The summed E-state index contributed by atoms with van der Waals surface area (Å²) in [6, 6.07) is 26.5. The van der Waals surface area contributed by atoms with Crippen molar-refractivity contribution in [1.29, 1.82) is 0 Å². The van der Waals surface area contributed by atoms with Crippen LogP contribution in [0.2, 0.25) is 0 Å². The molecule has 0 radical (unpaired) electrons. The molecule has 0 atom stereocenters. The van der Waals surface area contributed by atoms with Crippen molar-refractivity contribution < 1.29 is 22.0 Å². The standard InChI is InChI=1S/C26H23FN2O4S/c27-23-15-7-8-16-24(23)34(31,32)29(18-22-14-9-17-33-22)19-25(30)28-26(20-10-3-1-4-11-20)21-12-5-2-6-13-21/h1-17,26H,18-19H2,(H,28,30). The molecule has 0 bridgehead atoms. The molecule has 4 rings (SSSR count). The van der Waals surface area contributed by atoms with Gasteiger partial charge in [0.05, 0.1) is 25.4 Å². The lowest BCUT2D eigenvalue weighted by Gasteiger charge is -2.24. The van der Waals surface area contributed by atoms with Gasteiger partial charge in [0.25, 0.3) is 0 Å². The molecular formula is C26H23FN2O4S. The van der Waals surface area contributed by atoms with E-state index in [0.717, 1.165) is 21.5 Å². The highest BCUT2D eigenvalue weighted by Crippen LogP contribution is 2.24. The average molecular weight is 479 g/mol. The van der Waals surface area contributed by atoms with Crippen LogP contribution in [0.4, 0.5) is 4.39 Å². The molecule has 0 fully saturated rings. The summed E-state index contributed by atoms with van der Waals surface area (Å²) in [5, 5.41) is 2.93. The van der Waals surface area contributed by atoms with Gasteiger partial charge in [-0.1, -0.05) is 72.8 Å². The number of rotatable bonds is 9. The van der Waals surface area contributed by atoms with Gasteiger partial charge in [-0.2, -0.15) is 4.31 Å². The summed E-state index contributed by atoms with van der Waals surface area (Å²) in [4.78, 5) is 12.7. The van der Waals surface area contributed by atoms with Crippen LogP contribution < -0.4 is 5.32 Å². The molecular weight excluding hydrogens is 455 g/mol. The van der Waals surface area contributed by atoms with Gasteiger partial charge < -0.3 is 9.73 Å². The van der Waals surface area contributed by atoms with Crippen molar-refractivity contribution in [1.82, 2.24) is 9.62 Å². The Kier molecular flexibility index (Phi) is 7.20. The molecule has 1 heterocycles. The number of benzene rings is 3. The third-order valence-electron chi connectivity index (χ3n) is 5.26. The molecule has 0 unspecified atom stereocenters. The zero-order chi connectivity index (χ0) is 24.0. The van der Waals surface area contributed by atoms with E-state index in [4.69, 9.17) is 4.42 Å². The van der Waals surface area contributed by atoms with Crippen LogP contribution >= 0.6 is 0 Å². The summed E-state index contributed by atoms with van der Waals surface area (Å²) < 4.78 is 47.2. The minimum Gasteiger partial charge on any atom is -0.468 e. The smallest absolute Gasteiger partial charge is 0.246 e. The van der Waals surface area contributed by atoms with Gasteiger partial charge >= 0.3 is 0 Å². The van der Waals surface area contributed by atoms with Crippen molar-refractivity contribution in [3.8, 4) is 0 Å². The van der Waals surface area contributed by atoms with Crippen molar-refractivity contribution in [2.45, 2.75) is 17.5 Å². The fraction of sp³-hybridized carbons (Fsp3) is 0.115. The van der Waals surface area contributed by atoms with E-state index >= 15 is 0 Å². The Morgan fingerprint density at radius 2 is 1.44 bits per heavy atom. The van der Waals surface area contributed by atoms with Crippen molar-refractivity contribution in [3.63, 3.8) is 0 Å². The Bertz CT molecular complexity index is 1290. The van der Waals surface area contributed by atoms with Gasteiger partial charge in [-0.25, -0.2) is 12.8 Å². The number of furan rings is 1. The molecule has 4 aromatic rings. The molecule has 0 saturated carbocycles. The Morgan fingerprint density at radius 1 is 0.853 bits per heavy atom. The zero-order valence-corrected chi connectivity index (χ0v) is 19.0. The molecule has 8 heteroatoms. The molecule has 3 aromatic carbocycles. The van der Waals surface area contributed by atoms with Crippen LogP contribution in [0.3, 0.4) is 0 Å². The molecule has 34 heavy (non-hydrogen) atoms. The van der Waals surface area contributed by atoms with Gasteiger partial charge in [-0.15, -0.1) is 0 Å². The van der Waals surface area contributed by atoms with E-state index < -0.39 is 39.2 Å². The zero-order valence-electron chi connectivity index (χ0n) is 18.2. The van der Waals surface area contributed by atoms with Crippen LogP contribution in [-0.2, 0) is 21.4 Å². The van der Waals surface area contributed by atoms with Gasteiger partial charge in [0.1, 0.15) is 16.5 Å². The monoisotopic (exact) mass is 478 g/mol. The number of carbonyl (C=O) groups is 1. The lowest BCUT2D eigenvalue weighted by molar-refractivity contribution is -0.121. The van der Waals surface area contributed by atoms with Crippen LogP contribution in [0.25, 0.3) is 0 Å². The fourth-order valence-electron chi connectivity index (χ4n) is 3.61. The van der Waals surface area contributed by atoms with E-state index in [-0.39, 0.29) is 6.54 Å². The third kappa shape index (κ3) is 5.41. The van der Waals surface area contributed by atoms with Crippen molar-refractivity contribution in [2.75, 3.05) is 6.54 Å². The molecule has 1 aromatic heterocycles. The SMILES string of the molecule is O=C(CN(Cc1ccco1)S(=O)(=O)c1ccccc1F)NC(c1ccccc1)c1ccccc1. The maximum atomic E-state index is 14.4. The summed E-state index contributed by atoms with van der Waals surface area (Å²) >= 11 is 0. The molecule has 0 aliphatic rings. The quantitative estimate of drug-likeness (QED) is 0.384. The van der Waals surface area contributed by atoms with Gasteiger partial charge in [-0.3, -0.25) is 4.79 Å². The second kappa shape index (κ2) is 10.5. The van der Waals surface area contributed by atoms with Gasteiger partial charge in [0, 0.05) is 0 Å². The Labute approximate surface area is 197 Å². The molecule has 0 aliphatic carbocycles. The number of halogens is 1. The molecule has 1 amide bonds. The van der Waals surface area contributed by atoms with Crippen LogP contribution in [0.1, 0.15) is 22.9 Å². The van der Waals surface area contributed by atoms with Gasteiger partial charge in [-0.05, 0) is 35.4 Å². The van der Waals surface area contributed by atoms with Crippen LogP contribution in [0, 0.1) is 5.82 Å². The van der Waals surface area contributed by atoms with E-state index in [1.54, 1.807) is 12.1 Å². The van der Waals surface area contributed by atoms with Crippen molar-refractivity contribution in [2.24, 2.45) is 0 Å². The maximum Gasteiger partial charge on any atom is 0.246 e. The largest absolute Gasteiger partial charge is 0.468 e. The van der Waals surface area contributed by atoms with Gasteiger partial charge in [0.15, 0.2) is 0 Å². The number of hydrogen-bond donors (Lipinski definition) is 1. The van der Waals surface area contributed by atoms with E-state index in [2.05, 4.69) is 5.32 Å². The van der Waals surface area contributed by atoms with E-state index in [0.29, 0.717) is 5.76 Å². The molecule has 0 aliphatic heterocycles. The van der Waals surface area contributed by atoms with Crippen LogP contribution in [0.5, 0.6) is 0 Å². The van der Waals surface area contributed by atoms with E-state index in [1.165, 1.54) is 24.5 Å². The normalized spacial score (nSPS) is 11.6. The highest BCUT2D eigenvalue weighted by molar-refractivity contribution is 7.89. The Morgan fingerprint density at radius 3 is 2.00 bits per heavy atom. The maximum absolute atomic E-state index is 14.4. The number of nitrogens with zero attached hydrogens (tertiary/aromatic N) is 1. The second-order valence-corrected chi connectivity index (χ2v) is 9.51.